The van der Waals surface area contributed by atoms with Crippen LogP contribution in [0.15, 0.2) is 34.5 Å². The van der Waals surface area contributed by atoms with Crippen LogP contribution in [0.25, 0.3) is 0 Å². The van der Waals surface area contributed by atoms with E-state index in [1.54, 1.807) is 13.0 Å². The van der Waals surface area contributed by atoms with Crippen molar-refractivity contribution in [2.75, 3.05) is 0 Å². The van der Waals surface area contributed by atoms with Gasteiger partial charge in [0.25, 0.3) is 0 Å². The van der Waals surface area contributed by atoms with E-state index in [0.29, 0.717) is 10.7 Å². The Morgan fingerprint density at radius 3 is 2.86 bits per heavy atom. The lowest BCUT2D eigenvalue weighted by Gasteiger charge is -2.01. The lowest BCUT2D eigenvalue weighted by molar-refractivity contribution is -0.138. The average Bonchev–Trinajstić information content (AvgIpc) is 2.76. The molecule has 1 aliphatic rings. The maximum atomic E-state index is 11.5. The molecule has 1 saturated heterocycles. The molecule has 0 aromatic heterocycles. The van der Waals surface area contributed by atoms with Gasteiger partial charge in [-0.05, 0) is 13.0 Å². The summed E-state index contributed by atoms with van der Waals surface area (Å²) in [4.78, 5) is 22.2. The van der Waals surface area contributed by atoms with E-state index in [4.69, 9.17) is 16.7 Å². The van der Waals surface area contributed by atoms with Gasteiger partial charge in [0.1, 0.15) is 5.25 Å². The van der Waals surface area contributed by atoms with Gasteiger partial charge in [-0.1, -0.05) is 41.6 Å². The van der Waals surface area contributed by atoms with Crippen LogP contribution in [0, 0.1) is 0 Å². The lowest BCUT2D eigenvalue weighted by atomic mass is 10.1. The Bertz CT molecular complexity index is 645. The highest BCUT2D eigenvalue weighted by Crippen LogP contribution is 2.22. The van der Waals surface area contributed by atoms with Crippen molar-refractivity contribution in [1.82, 2.24) is 5.32 Å². The number of carbonyl (C=O) groups is 2. The number of halogens is 1. The molecule has 0 saturated carbocycles. The number of hydrogen-bond donors (Lipinski definition) is 2. The number of nitrogens with one attached hydrogen (secondary N) is 1. The van der Waals surface area contributed by atoms with Crippen molar-refractivity contribution in [3.8, 4) is 0 Å². The molecular formula is C13H12ClN3O3S. The van der Waals surface area contributed by atoms with Gasteiger partial charge in [0.15, 0.2) is 5.17 Å². The van der Waals surface area contributed by atoms with Crippen LogP contribution in [0.1, 0.15) is 18.9 Å². The van der Waals surface area contributed by atoms with Crippen molar-refractivity contribution in [3.05, 3.63) is 34.9 Å². The molecule has 2 N–H and O–H groups in total. The molecule has 0 radical (unpaired) electrons. The van der Waals surface area contributed by atoms with Crippen molar-refractivity contribution in [1.29, 1.82) is 0 Å². The molecule has 0 aliphatic carbocycles. The van der Waals surface area contributed by atoms with Crippen molar-refractivity contribution in [2.24, 2.45) is 10.2 Å². The van der Waals surface area contributed by atoms with E-state index in [2.05, 4.69) is 15.5 Å². The normalized spacial score (nSPS) is 20.7. The summed E-state index contributed by atoms with van der Waals surface area (Å²) in [5, 5.41) is 19.3. The fraction of sp³-hybridized carbons (Fsp3) is 0.231. The fourth-order valence-electron chi connectivity index (χ4n) is 1.67. The van der Waals surface area contributed by atoms with Gasteiger partial charge in [-0.3, -0.25) is 9.59 Å². The van der Waals surface area contributed by atoms with Gasteiger partial charge in [0.2, 0.25) is 5.91 Å². The van der Waals surface area contributed by atoms with Gasteiger partial charge >= 0.3 is 5.97 Å². The molecule has 1 amide bonds. The van der Waals surface area contributed by atoms with Crippen LogP contribution < -0.4 is 5.32 Å². The summed E-state index contributed by atoms with van der Waals surface area (Å²) in [5.41, 5.74) is 1.35. The minimum absolute atomic E-state index is 0.247. The summed E-state index contributed by atoms with van der Waals surface area (Å²) < 4.78 is 0. The number of nitrogens with zero attached hydrogens (tertiary/aromatic N) is 2. The monoisotopic (exact) mass is 325 g/mol. The lowest BCUT2D eigenvalue weighted by Crippen LogP contribution is -2.26. The average molecular weight is 326 g/mol. The van der Waals surface area contributed by atoms with Gasteiger partial charge in [0, 0.05) is 10.6 Å². The van der Waals surface area contributed by atoms with Crippen molar-refractivity contribution in [3.63, 3.8) is 0 Å². The molecule has 2 rings (SSSR count). The number of amidine groups is 1. The highest BCUT2D eigenvalue weighted by Gasteiger charge is 2.32. The summed E-state index contributed by atoms with van der Waals surface area (Å²) >= 11 is 7.11. The Morgan fingerprint density at radius 2 is 2.19 bits per heavy atom. The number of hydrogen-bond acceptors (Lipinski definition) is 5. The highest BCUT2D eigenvalue weighted by atomic mass is 35.5. The number of aliphatic carboxylic acids is 1. The maximum Gasteiger partial charge on any atom is 0.305 e. The molecule has 1 aromatic carbocycles. The molecule has 21 heavy (non-hydrogen) atoms. The molecule has 1 aromatic rings. The Morgan fingerprint density at radius 1 is 1.48 bits per heavy atom. The molecule has 1 heterocycles. The van der Waals surface area contributed by atoms with Gasteiger partial charge in [0.05, 0.1) is 12.1 Å². The molecule has 1 atom stereocenters. The third kappa shape index (κ3) is 4.05. The molecular weight excluding hydrogens is 314 g/mol. The largest absolute Gasteiger partial charge is 0.481 e. The standard InChI is InChI=1S/C13H12ClN3O3S/c1-7(8-4-2-3-5-9(8)14)16-17-13-15-12(20)10(21-13)6-11(18)19/h2-5,10H,6H2,1H3,(H,18,19)(H,15,17,20). The van der Waals surface area contributed by atoms with Crippen molar-refractivity contribution < 1.29 is 14.7 Å². The van der Waals surface area contributed by atoms with E-state index in [-0.39, 0.29) is 17.5 Å². The minimum atomic E-state index is -1.03. The number of thioether (sulfide) groups is 1. The van der Waals surface area contributed by atoms with Crippen LogP contribution in [-0.2, 0) is 9.59 Å². The first-order valence-corrected chi connectivity index (χ1v) is 7.29. The van der Waals surface area contributed by atoms with E-state index in [9.17, 15) is 9.59 Å². The third-order valence-corrected chi connectivity index (χ3v) is 4.09. The second-order valence-corrected chi connectivity index (χ2v) is 5.86. The fourth-order valence-corrected chi connectivity index (χ4v) is 2.86. The second-order valence-electron chi connectivity index (χ2n) is 4.26. The molecule has 0 spiro atoms. The number of carboxylic acids is 1. The van der Waals surface area contributed by atoms with Crippen LogP contribution in [0.4, 0.5) is 0 Å². The van der Waals surface area contributed by atoms with Crippen LogP contribution in [0.3, 0.4) is 0 Å². The summed E-state index contributed by atoms with van der Waals surface area (Å²) in [7, 11) is 0. The zero-order valence-corrected chi connectivity index (χ0v) is 12.6. The van der Waals surface area contributed by atoms with Crippen molar-refractivity contribution in [2.45, 2.75) is 18.6 Å². The first-order valence-electron chi connectivity index (χ1n) is 6.04. The Hall–Kier alpha value is -1.86. The zero-order chi connectivity index (χ0) is 15.4. The van der Waals surface area contributed by atoms with E-state index in [0.717, 1.165) is 17.3 Å². The summed E-state index contributed by atoms with van der Waals surface area (Å²) in [6.45, 7) is 1.75. The Balaban J connectivity index is 2.11. The van der Waals surface area contributed by atoms with Gasteiger partial charge in [-0.15, -0.1) is 5.10 Å². The van der Waals surface area contributed by atoms with Crippen LogP contribution in [-0.4, -0.2) is 33.1 Å². The first-order chi connectivity index (χ1) is 9.97. The van der Waals surface area contributed by atoms with Crippen LogP contribution in [0.5, 0.6) is 0 Å². The topological polar surface area (TPSA) is 91.1 Å². The predicted molar refractivity (Wildman–Crippen MR) is 82.9 cm³/mol. The SMILES string of the molecule is CC(=NN=C1NC(=O)C(CC(=O)O)S1)c1ccccc1Cl. The first kappa shape index (κ1) is 15.5. The second kappa shape index (κ2) is 6.73. The third-order valence-electron chi connectivity index (χ3n) is 2.69. The van der Waals surface area contributed by atoms with Gasteiger partial charge < -0.3 is 10.4 Å². The summed E-state index contributed by atoms with van der Waals surface area (Å²) in [6.07, 6.45) is -0.247. The van der Waals surface area contributed by atoms with Crippen molar-refractivity contribution >= 4 is 46.1 Å². The minimum Gasteiger partial charge on any atom is -0.481 e. The van der Waals surface area contributed by atoms with Gasteiger partial charge in [-0.2, -0.15) is 5.10 Å². The van der Waals surface area contributed by atoms with E-state index < -0.39 is 11.2 Å². The highest BCUT2D eigenvalue weighted by molar-refractivity contribution is 8.15. The maximum absolute atomic E-state index is 11.5. The molecule has 110 valence electrons. The molecule has 1 fully saturated rings. The Labute approximate surface area is 130 Å². The molecule has 0 bridgehead atoms. The van der Waals surface area contributed by atoms with Crippen LogP contribution in [0.2, 0.25) is 5.02 Å². The zero-order valence-electron chi connectivity index (χ0n) is 11.0. The molecule has 1 aliphatic heterocycles. The van der Waals surface area contributed by atoms with E-state index in [1.807, 2.05) is 18.2 Å². The summed E-state index contributed by atoms with van der Waals surface area (Å²) in [5.74, 6) is -1.40. The van der Waals surface area contributed by atoms with E-state index >= 15 is 0 Å². The number of rotatable bonds is 4. The molecule has 1 unspecified atom stereocenters. The Kier molecular flexibility index (Phi) is 4.98. The smallest absolute Gasteiger partial charge is 0.305 e. The van der Waals surface area contributed by atoms with E-state index in [1.165, 1.54) is 0 Å². The number of benzene rings is 1. The molecule has 6 nitrogen and oxygen atoms in total. The quantitative estimate of drug-likeness (QED) is 0.655. The number of carbonyl (C=O) groups excluding carboxylic acids is 1. The van der Waals surface area contributed by atoms with Crippen LogP contribution >= 0.6 is 23.4 Å². The number of amides is 1. The summed E-state index contributed by atoms with van der Waals surface area (Å²) in [6, 6.07) is 7.21. The molecule has 8 heteroatoms. The number of carboxylic acid groups (broad SMARTS) is 1. The van der Waals surface area contributed by atoms with Gasteiger partial charge in [-0.25, -0.2) is 0 Å². The predicted octanol–water partition coefficient (Wildman–Crippen LogP) is 2.13.